The van der Waals surface area contributed by atoms with Gasteiger partial charge >= 0.3 is 0 Å². The molecular formula is C27H20N2S3. The fourth-order valence-electron chi connectivity index (χ4n) is 4.63. The first kappa shape index (κ1) is 19.8. The van der Waals surface area contributed by atoms with Crippen LogP contribution in [-0.4, -0.2) is 4.98 Å². The van der Waals surface area contributed by atoms with Crippen molar-refractivity contribution in [3.63, 3.8) is 0 Å². The molecule has 2 aromatic heterocycles. The third kappa shape index (κ3) is 3.04. The van der Waals surface area contributed by atoms with Gasteiger partial charge in [0, 0.05) is 48.8 Å². The van der Waals surface area contributed by atoms with Crippen LogP contribution in [0.5, 0.6) is 0 Å². The van der Waals surface area contributed by atoms with E-state index in [4.69, 9.17) is 5.73 Å². The molecule has 2 nitrogen and oxygen atoms in total. The van der Waals surface area contributed by atoms with Gasteiger partial charge in [0.15, 0.2) is 0 Å². The molecule has 0 saturated heterocycles. The van der Waals surface area contributed by atoms with Crippen LogP contribution in [0.15, 0.2) is 83.8 Å². The van der Waals surface area contributed by atoms with E-state index < -0.39 is 0 Å². The Labute approximate surface area is 198 Å². The lowest BCUT2D eigenvalue weighted by Gasteiger charge is -2.14. The number of hydrogen-bond acceptors (Lipinski definition) is 5. The van der Waals surface area contributed by atoms with Crippen LogP contribution >= 0.6 is 34.4 Å². The maximum absolute atomic E-state index is 5.61. The van der Waals surface area contributed by atoms with Crippen molar-refractivity contribution in [3.8, 4) is 10.6 Å². The van der Waals surface area contributed by atoms with Gasteiger partial charge in [0.25, 0.3) is 0 Å². The summed E-state index contributed by atoms with van der Waals surface area (Å²) in [5, 5.41) is 13.3. The Balaban J connectivity index is 1.76. The van der Waals surface area contributed by atoms with E-state index in [0.29, 0.717) is 5.25 Å². The van der Waals surface area contributed by atoms with Crippen LogP contribution in [0.3, 0.4) is 0 Å². The molecule has 0 fully saturated rings. The Morgan fingerprint density at radius 3 is 2.25 bits per heavy atom. The summed E-state index contributed by atoms with van der Waals surface area (Å²) in [7, 11) is 0. The van der Waals surface area contributed by atoms with Crippen LogP contribution < -0.4 is 5.73 Å². The molecule has 1 unspecified atom stereocenters. The average Bonchev–Trinajstić information content (AvgIpc) is 3.49. The number of benzene rings is 4. The van der Waals surface area contributed by atoms with E-state index in [2.05, 4.69) is 72.6 Å². The first-order valence-corrected chi connectivity index (χ1v) is 13.1. The highest BCUT2D eigenvalue weighted by Gasteiger charge is 2.19. The molecule has 0 aliphatic carbocycles. The minimum Gasteiger partial charge on any atom is -0.404 e. The van der Waals surface area contributed by atoms with Crippen LogP contribution in [0, 0.1) is 0 Å². The Morgan fingerprint density at radius 2 is 1.56 bits per heavy atom. The molecule has 32 heavy (non-hydrogen) atoms. The molecule has 6 rings (SSSR count). The number of thioether (sulfide) groups is 1. The molecule has 2 N–H and O–H groups in total. The van der Waals surface area contributed by atoms with Crippen molar-refractivity contribution in [2.45, 2.75) is 12.2 Å². The van der Waals surface area contributed by atoms with E-state index in [1.54, 1.807) is 29.3 Å². The lowest BCUT2D eigenvalue weighted by atomic mass is 9.94. The number of fused-ring (bicyclic) bond motifs is 7. The summed E-state index contributed by atoms with van der Waals surface area (Å²) < 4.78 is 2.65. The zero-order chi connectivity index (χ0) is 21.7. The molecular weight excluding hydrogens is 449 g/mol. The lowest BCUT2D eigenvalue weighted by Crippen LogP contribution is -1.90. The predicted octanol–water partition coefficient (Wildman–Crippen LogP) is 8.71. The van der Waals surface area contributed by atoms with Crippen LogP contribution in [0.2, 0.25) is 0 Å². The Bertz CT molecular complexity index is 1630. The molecule has 156 valence electrons. The number of rotatable bonds is 4. The van der Waals surface area contributed by atoms with Gasteiger partial charge in [-0.3, -0.25) is 0 Å². The second kappa shape index (κ2) is 7.93. The third-order valence-corrected chi connectivity index (χ3v) is 8.85. The number of thiophene rings is 1. The van der Waals surface area contributed by atoms with Crippen molar-refractivity contribution in [1.82, 2.24) is 4.98 Å². The van der Waals surface area contributed by atoms with Crippen molar-refractivity contribution in [1.29, 1.82) is 0 Å². The highest BCUT2D eigenvalue weighted by Crippen LogP contribution is 2.47. The molecule has 0 bridgehead atoms. The van der Waals surface area contributed by atoms with Crippen molar-refractivity contribution in [2.75, 3.05) is 0 Å². The monoisotopic (exact) mass is 468 g/mol. The summed E-state index contributed by atoms with van der Waals surface area (Å²) in [4.78, 5) is 4.62. The number of aromatic nitrogens is 1. The summed E-state index contributed by atoms with van der Waals surface area (Å²) in [5.74, 6) is 0. The second-order valence-corrected chi connectivity index (χ2v) is 11.0. The maximum Gasteiger partial charge on any atom is 0.123 e. The molecule has 2 heterocycles. The van der Waals surface area contributed by atoms with Gasteiger partial charge < -0.3 is 5.73 Å². The van der Waals surface area contributed by atoms with Crippen LogP contribution in [0.4, 0.5) is 0 Å². The largest absolute Gasteiger partial charge is 0.404 e. The summed E-state index contributed by atoms with van der Waals surface area (Å²) in [6.45, 7) is 2.25. The van der Waals surface area contributed by atoms with Crippen molar-refractivity contribution in [2.24, 2.45) is 5.73 Å². The Morgan fingerprint density at radius 1 is 0.906 bits per heavy atom. The van der Waals surface area contributed by atoms with E-state index in [-0.39, 0.29) is 0 Å². The fourth-order valence-corrected chi connectivity index (χ4v) is 7.19. The summed E-state index contributed by atoms with van der Waals surface area (Å²) in [5.41, 5.74) is 8.19. The van der Waals surface area contributed by atoms with Crippen LogP contribution in [0.1, 0.15) is 17.7 Å². The molecule has 0 amide bonds. The van der Waals surface area contributed by atoms with Crippen LogP contribution in [-0.2, 0) is 0 Å². The van der Waals surface area contributed by atoms with E-state index >= 15 is 0 Å². The van der Waals surface area contributed by atoms with E-state index in [0.717, 1.165) is 5.01 Å². The molecule has 0 radical (unpaired) electrons. The average molecular weight is 469 g/mol. The van der Waals surface area contributed by atoms with Crippen molar-refractivity contribution >= 4 is 76.2 Å². The topological polar surface area (TPSA) is 38.9 Å². The van der Waals surface area contributed by atoms with Crippen molar-refractivity contribution < 1.29 is 0 Å². The predicted molar refractivity (Wildman–Crippen MR) is 145 cm³/mol. The lowest BCUT2D eigenvalue weighted by molar-refractivity contribution is 1.13. The standard InChI is InChI=1S/C27H20N2S3/c1-16(30-12-10-28)21-14-23-25(19-8-4-2-6-17(19)21)26-20-9-5-3-7-18(20)22(15-24(26)32-23)27-29-11-13-31-27/h2-16H,28H2,1H3/b12-10-. The molecule has 1 atom stereocenters. The van der Waals surface area contributed by atoms with Crippen molar-refractivity contribution in [3.05, 3.63) is 89.4 Å². The smallest absolute Gasteiger partial charge is 0.123 e. The Kier molecular flexibility index (Phi) is 4.90. The van der Waals surface area contributed by atoms with Gasteiger partial charge in [0.1, 0.15) is 5.01 Å². The molecule has 0 saturated carbocycles. The molecule has 0 spiro atoms. The first-order chi connectivity index (χ1) is 15.8. The normalized spacial score (nSPS) is 13.2. The van der Waals surface area contributed by atoms with Gasteiger partial charge in [-0.05, 0) is 51.6 Å². The van der Waals surface area contributed by atoms with Gasteiger partial charge in [-0.15, -0.1) is 34.4 Å². The number of nitrogens with zero attached hydrogens (tertiary/aromatic N) is 1. The molecule has 0 aliphatic heterocycles. The number of nitrogens with two attached hydrogens (primary N) is 1. The zero-order valence-electron chi connectivity index (χ0n) is 17.4. The maximum atomic E-state index is 5.61. The Hall–Kier alpha value is -2.86. The first-order valence-electron chi connectivity index (χ1n) is 10.5. The number of thiazole rings is 1. The molecule has 4 aromatic carbocycles. The van der Waals surface area contributed by atoms with Gasteiger partial charge in [0.2, 0.25) is 0 Å². The van der Waals surface area contributed by atoms with Gasteiger partial charge in [-0.1, -0.05) is 48.5 Å². The van der Waals surface area contributed by atoms with E-state index in [9.17, 15) is 0 Å². The highest BCUT2D eigenvalue weighted by molar-refractivity contribution is 8.02. The number of hydrogen-bond donors (Lipinski definition) is 1. The van der Waals surface area contributed by atoms with Gasteiger partial charge in [0.05, 0.1) is 0 Å². The minimum atomic E-state index is 0.317. The SMILES string of the molecule is CC(S/C=C\N)c1cc2sc3cc(-c4nccs4)c4ccccc4c3c2c2ccccc12. The van der Waals surface area contributed by atoms with E-state index in [1.807, 2.05) is 28.3 Å². The second-order valence-electron chi connectivity index (χ2n) is 7.77. The quantitative estimate of drug-likeness (QED) is 0.281. The molecule has 6 aromatic rings. The molecule has 5 heteroatoms. The zero-order valence-corrected chi connectivity index (χ0v) is 19.9. The summed E-state index contributed by atoms with van der Waals surface area (Å²) >= 11 is 5.34. The minimum absolute atomic E-state index is 0.317. The fraction of sp³-hybridized carbons (Fsp3) is 0.0741. The summed E-state index contributed by atoms with van der Waals surface area (Å²) in [6, 6.07) is 22.3. The van der Waals surface area contributed by atoms with Crippen LogP contribution in [0.25, 0.3) is 52.3 Å². The molecule has 0 aliphatic rings. The van der Waals surface area contributed by atoms with Gasteiger partial charge in [-0.2, -0.15) is 0 Å². The summed E-state index contributed by atoms with van der Waals surface area (Å²) in [6.07, 6.45) is 3.51. The van der Waals surface area contributed by atoms with E-state index in [1.165, 1.54) is 52.8 Å². The van der Waals surface area contributed by atoms with Gasteiger partial charge in [-0.25, -0.2) is 4.98 Å². The third-order valence-electron chi connectivity index (χ3n) is 5.98. The highest BCUT2D eigenvalue weighted by atomic mass is 32.2.